The van der Waals surface area contributed by atoms with Gasteiger partial charge in [0.15, 0.2) is 11.5 Å². The number of methoxy groups -OCH3 is 1. The van der Waals surface area contributed by atoms with Gasteiger partial charge in [-0.3, -0.25) is 14.9 Å². The first-order chi connectivity index (χ1) is 10.7. The SMILES string of the molecule is COc1cc(C(=O)Nc2cc(-c3ccncc3)[nH]n2)nn1C. The fraction of sp³-hybridized carbons (Fsp3) is 0.143. The third-order valence-corrected chi connectivity index (χ3v) is 3.09. The number of ether oxygens (including phenoxy) is 1. The summed E-state index contributed by atoms with van der Waals surface area (Å²) in [6.07, 6.45) is 3.38. The molecule has 0 aromatic carbocycles. The topological polar surface area (TPSA) is 97.7 Å². The maximum absolute atomic E-state index is 12.1. The molecular formula is C14H14N6O2. The van der Waals surface area contributed by atoms with Gasteiger partial charge in [0.1, 0.15) is 0 Å². The van der Waals surface area contributed by atoms with Crippen LogP contribution in [0.3, 0.4) is 0 Å². The molecule has 22 heavy (non-hydrogen) atoms. The number of hydrogen-bond donors (Lipinski definition) is 2. The van der Waals surface area contributed by atoms with Crippen molar-refractivity contribution in [2.45, 2.75) is 0 Å². The van der Waals surface area contributed by atoms with Crippen molar-refractivity contribution in [3.8, 4) is 17.1 Å². The number of rotatable bonds is 4. The number of aromatic nitrogens is 5. The highest BCUT2D eigenvalue weighted by Gasteiger charge is 2.14. The van der Waals surface area contributed by atoms with Crippen LogP contribution < -0.4 is 10.1 Å². The van der Waals surface area contributed by atoms with Gasteiger partial charge in [0.25, 0.3) is 5.91 Å². The lowest BCUT2D eigenvalue weighted by Gasteiger charge is -1.97. The molecule has 0 aliphatic heterocycles. The number of carbonyl (C=O) groups is 1. The minimum absolute atomic E-state index is 0.257. The van der Waals surface area contributed by atoms with Crippen LogP contribution in [0.1, 0.15) is 10.5 Å². The van der Waals surface area contributed by atoms with Gasteiger partial charge in [-0.15, -0.1) is 0 Å². The summed E-state index contributed by atoms with van der Waals surface area (Å²) in [6, 6.07) is 7.00. The molecule has 0 aliphatic rings. The lowest BCUT2D eigenvalue weighted by atomic mass is 10.2. The van der Waals surface area contributed by atoms with Crippen molar-refractivity contribution in [3.63, 3.8) is 0 Å². The molecule has 0 unspecified atom stereocenters. The van der Waals surface area contributed by atoms with E-state index in [0.29, 0.717) is 11.7 Å². The van der Waals surface area contributed by atoms with E-state index in [9.17, 15) is 4.79 Å². The first-order valence-corrected chi connectivity index (χ1v) is 6.52. The third kappa shape index (κ3) is 2.66. The first-order valence-electron chi connectivity index (χ1n) is 6.52. The predicted molar refractivity (Wildman–Crippen MR) is 79.5 cm³/mol. The predicted octanol–water partition coefficient (Wildman–Crippen LogP) is 1.47. The third-order valence-electron chi connectivity index (χ3n) is 3.09. The Morgan fingerprint density at radius 3 is 2.77 bits per heavy atom. The fourth-order valence-electron chi connectivity index (χ4n) is 2.00. The highest BCUT2D eigenvalue weighted by molar-refractivity contribution is 6.02. The van der Waals surface area contributed by atoms with E-state index in [1.165, 1.54) is 11.8 Å². The number of amides is 1. The van der Waals surface area contributed by atoms with Gasteiger partial charge in [-0.2, -0.15) is 10.2 Å². The monoisotopic (exact) mass is 298 g/mol. The summed E-state index contributed by atoms with van der Waals surface area (Å²) in [4.78, 5) is 16.1. The molecule has 0 fully saturated rings. The highest BCUT2D eigenvalue weighted by Crippen LogP contribution is 2.19. The Bertz CT molecular complexity index is 793. The average Bonchev–Trinajstić information content (AvgIpc) is 3.14. The Hall–Kier alpha value is -3.16. The minimum atomic E-state index is -0.355. The van der Waals surface area contributed by atoms with Crippen LogP contribution >= 0.6 is 0 Å². The number of hydrogen-bond acceptors (Lipinski definition) is 5. The summed E-state index contributed by atoms with van der Waals surface area (Å²) in [5.41, 5.74) is 1.98. The number of aromatic amines is 1. The Kier molecular flexibility index (Phi) is 3.57. The molecule has 0 bridgehead atoms. The van der Waals surface area contributed by atoms with Crippen molar-refractivity contribution < 1.29 is 9.53 Å². The highest BCUT2D eigenvalue weighted by atomic mass is 16.5. The van der Waals surface area contributed by atoms with Crippen molar-refractivity contribution in [2.75, 3.05) is 12.4 Å². The van der Waals surface area contributed by atoms with E-state index < -0.39 is 0 Å². The molecule has 8 heteroatoms. The Labute approximate surface area is 126 Å². The van der Waals surface area contributed by atoms with Crippen LogP contribution in [0.5, 0.6) is 5.88 Å². The number of aryl methyl sites for hydroxylation is 1. The van der Waals surface area contributed by atoms with Crippen molar-refractivity contribution >= 4 is 11.7 Å². The quantitative estimate of drug-likeness (QED) is 0.760. The molecule has 3 aromatic rings. The maximum atomic E-state index is 12.1. The Morgan fingerprint density at radius 2 is 2.09 bits per heavy atom. The van der Waals surface area contributed by atoms with Crippen LogP contribution in [0, 0.1) is 0 Å². The lowest BCUT2D eigenvalue weighted by Crippen LogP contribution is -2.13. The van der Waals surface area contributed by atoms with Gasteiger partial charge in [0.05, 0.1) is 12.8 Å². The lowest BCUT2D eigenvalue weighted by molar-refractivity contribution is 0.102. The van der Waals surface area contributed by atoms with E-state index in [-0.39, 0.29) is 11.6 Å². The van der Waals surface area contributed by atoms with E-state index in [1.54, 1.807) is 31.6 Å². The zero-order valence-electron chi connectivity index (χ0n) is 12.1. The second kappa shape index (κ2) is 5.68. The van der Waals surface area contributed by atoms with Gasteiger partial charge in [-0.05, 0) is 12.1 Å². The molecule has 0 saturated carbocycles. The standard InChI is InChI=1S/C14H14N6O2/c1-20-13(22-2)8-11(19-20)14(21)16-12-7-10(17-18-12)9-3-5-15-6-4-9/h3-8H,1-2H3,(H2,16,17,18,21). The van der Waals surface area contributed by atoms with E-state index >= 15 is 0 Å². The molecule has 0 aliphatic carbocycles. The second-order valence-electron chi connectivity index (χ2n) is 4.55. The first kappa shape index (κ1) is 13.8. The maximum Gasteiger partial charge on any atom is 0.277 e. The van der Waals surface area contributed by atoms with Crippen molar-refractivity contribution in [1.29, 1.82) is 0 Å². The smallest absolute Gasteiger partial charge is 0.277 e. The molecule has 2 N–H and O–H groups in total. The van der Waals surface area contributed by atoms with Crippen LogP contribution in [0.2, 0.25) is 0 Å². The number of carbonyl (C=O) groups excluding carboxylic acids is 1. The van der Waals surface area contributed by atoms with E-state index in [1.807, 2.05) is 12.1 Å². The number of H-pyrrole nitrogens is 1. The van der Waals surface area contributed by atoms with Crippen LogP contribution in [0.15, 0.2) is 36.7 Å². The molecule has 1 amide bonds. The summed E-state index contributed by atoms with van der Waals surface area (Å²) in [7, 11) is 3.22. The summed E-state index contributed by atoms with van der Waals surface area (Å²) in [6.45, 7) is 0. The number of nitrogens with zero attached hydrogens (tertiary/aromatic N) is 4. The summed E-state index contributed by atoms with van der Waals surface area (Å²) >= 11 is 0. The molecule has 3 rings (SSSR count). The molecule has 0 atom stereocenters. The van der Waals surface area contributed by atoms with Crippen molar-refractivity contribution in [3.05, 3.63) is 42.4 Å². The van der Waals surface area contributed by atoms with E-state index in [0.717, 1.165) is 11.3 Å². The van der Waals surface area contributed by atoms with Crippen LogP contribution in [-0.4, -0.2) is 38.0 Å². The fourth-order valence-corrected chi connectivity index (χ4v) is 2.00. The van der Waals surface area contributed by atoms with Crippen LogP contribution in [0.25, 0.3) is 11.3 Å². The molecule has 112 valence electrons. The molecule has 0 spiro atoms. The number of pyridine rings is 1. The van der Waals surface area contributed by atoms with Crippen LogP contribution in [0.4, 0.5) is 5.82 Å². The largest absolute Gasteiger partial charge is 0.481 e. The van der Waals surface area contributed by atoms with Crippen LogP contribution in [-0.2, 0) is 7.05 Å². The van der Waals surface area contributed by atoms with Gasteiger partial charge in [-0.25, -0.2) is 4.68 Å². The van der Waals surface area contributed by atoms with Gasteiger partial charge < -0.3 is 10.1 Å². The molecule has 3 aromatic heterocycles. The summed E-state index contributed by atoms with van der Waals surface area (Å²) in [5, 5.41) is 13.7. The number of anilines is 1. The van der Waals surface area contributed by atoms with Crippen molar-refractivity contribution in [2.24, 2.45) is 7.05 Å². The summed E-state index contributed by atoms with van der Waals surface area (Å²) in [5.74, 6) is 0.567. The molecule has 8 nitrogen and oxygen atoms in total. The van der Waals surface area contributed by atoms with Gasteiger partial charge in [0.2, 0.25) is 5.88 Å². The normalized spacial score (nSPS) is 10.5. The van der Waals surface area contributed by atoms with Crippen molar-refractivity contribution in [1.82, 2.24) is 25.0 Å². The van der Waals surface area contributed by atoms with Gasteiger partial charge in [-0.1, -0.05) is 0 Å². The molecular weight excluding hydrogens is 284 g/mol. The summed E-state index contributed by atoms with van der Waals surface area (Å²) < 4.78 is 6.57. The minimum Gasteiger partial charge on any atom is -0.481 e. The van der Waals surface area contributed by atoms with Gasteiger partial charge >= 0.3 is 0 Å². The van der Waals surface area contributed by atoms with E-state index in [2.05, 4.69) is 25.6 Å². The number of nitrogens with one attached hydrogen (secondary N) is 2. The molecule has 0 saturated heterocycles. The Balaban J connectivity index is 1.76. The average molecular weight is 298 g/mol. The zero-order chi connectivity index (χ0) is 15.5. The zero-order valence-corrected chi connectivity index (χ0v) is 12.1. The second-order valence-corrected chi connectivity index (χ2v) is 4.55. The molecule has 3 heterocycles. The molecule has 0 radical (unpaired) electrons. The Morgan fingerprint density at radius 1 is 1.32 bits per heavy atom. The van der Waals surface area contributed by atoms with Gasteiger partial charge in [0, 0.05) is 37.1 Å². The van der Waals surface area contributed by atoms with E-state index in [4.69, 9.17) is 4.74 Å².